The Labute approximate surface area is 147 Å². The minimum atomic E-state index is -0.0567. The first-order valence-corrected chi connectivity index (χ1v) is 8.68. The van der Waals surface area contributed by atoms with Gasteiger partial charge in [-0.1, -0.05) is 59.6 Å². The average molecular weight is 348 g/mol. The maximum absolute atomic E-state index is 12.7. The third-order valence-electron chi connectivity index (χ3n) is 4.45. The lowest BCUT2D eigenvalue weighted by atomic mass is 9.90. The van der Waals surface area contributed by atoms with Crippen LogP contribution in [-0.2, 0) is 6.42 Å². The Morgan fingerprint density at radius 1 is 0.957 bits per heavy atom. The van der Waals surface area contributed by atoms with Crippen molar-refractivity contribution in [1.82, 2.24) is 4.90 Å². The highest BCUT2D eigenvalue weighted by Crippen LogP contribution is 2.28. The molecule has 1 amide bonds. The molecule has 2 aromatic carbocycles. The summed E-state index contributed by atoms with van der Waals surface area (Å²) in [4.78, 5) is 14.5. The van der Waals surface area contributed by atoms with Crippen molar-refractivity contribution >= 4 is 29.1 Å². The molecule has 120 valence electrons. The van der Waals surface area contributed by atoms with Crippen LogP contribution < -0.4 is 0 Å². The van der Waals surface area contributed by atoms with E-state index in [2.05, 4.69) is 24.3 Å². The molecule has 0 radical (unpaired) electrons. The van der Waals surface area contributed by atoms with E-state index >= 15 is 0 Å². The van der Waals surface area contributed by atoms with Crippen molar-refractivity contribution in [2.75, 3.05) is 13.1 Å². The van der Waals surface area contributed by atoms with Crippen molar-refractivity contribution in [1.29, 1.82) is 0 Å². The van der Waals surface area contributed by atoms with Crippen LogP contribution in [0.3, 0.4) is 0 Å². The second-order valence-electron chi connectivity index (χ2n) is 6.02. The molecule has 0 N–H and O–H groups in total. The van der Waals surface area contributed by atoms with Crippen LogP contribution >= 0.6 is 23.2 Å². The zero-order valence-corrected chi connectivity index (χ0v) is 14.4. The molecule has 2 aromatic rings. The van der Waals surface area contributed by atoms with E-state index in [4.69, 9.17) is 23.2 Å². The molecule has 0 aromatic heterocycles. The zero-order valence-electron chi connectivity index (χ0n) is 12.8. The van der Waals surface area contributed by atoms with E-state index in [1.165, 1.54) is 5.56 Å². The maximum atomic E-state index is 12.7. The van der Waals surface area contributed by atoms with Gasteiger partial charge in [-0.15, -0.1) is 0 Å². The quantitative estimate of drug-likeness (QED) is 0.757. The van der Waals surface area contributed by atoms with Gasteiger partial charge in [0.2, 0.25) is 0 Å². The molecule has 4 heteroatoms. The number of amides is 1. The number of piperidine rings is 1. The van der Waals surface area contributed by atoms with E-state index in [1.807, 2.05) is 11.0 Å². The molecule has 23 heavy (non-hydrogen) atoms. The molecule has 3 rings (SSSR count). The van der Waals surface area contributed by atoms with Gasteiger partial charge in [0.25, 0.3) is 5.91 Å². The van der Waals surface area contributed by atoms with Gasteiger partial charge in [0.1, 0.15) is 0 Å². The van der Waals surface area contributed by atoms with Crippen LogP contribution in [0.4, 0.5) is 0 Å². The lowest BCUT2D eigenvalue weighted by Crippen LogP contribution is -2.39. The predicted octanol–water partition coefficient (Wildman–Crippen LogP) is 5.09. The smallest absolute Gasteiger partial charge is 0.256 e. The molecular weight excluding hydrogens is 329 g/mol. The Morgan fingerprint density at radius 2 is 1.57 bits per heavy atom. The average Bonchev–Trinajstić information content (AvgIpc) is 2.56. The second-order valence-corrected chi connectivity index (χ2v) is 6.84. The zero-order chi connectivity index (χ0) is 16.2. The summed E-state index contributed by atoms with van der Waals surface area (Å²) in [5.41, 5.74) is 1.80. The summed E-state index contributed by atoms with van der Waals surface area (Å²) in [6, 6.07) is 15.7. The van der Waals surface area contributed by atoms with E-state index in [-0.39, 0.29) is 5.91 Å². The van der Waals surface area contributed by atoms with Gasteiger partial charge in [-0.05, 0) is 42.9 Å². The van der Waals surface area contributed by atoms with Crippen LogP contribution in [-0.4, -0.2) is 23.9 Å². The van der Waals surface area contributed by atoms with Crippen molar-refractivity contribution in [3.63, 3.8) is 0 Å². The third-order valence-corrected chi connectivity index (χ3v) is 5.08. The van der Waals surface area contributed by atoms with Crippen LogP contribution in [0.1, 0.15) is 28.8 Å². The van der Waals surface area contributed by atoms with Crippen molar-refractivity contribution in [2.24, 2.45) is 5.92 Å². The third kappa shape index (κ3) is 3.88. The van der Waals surface area contributed by atoms with E-state index in [1.54, 1.807) is 18.2 Å². The molecule has 0 saturated carbocycles. The Balaban J connectivity index is 1.62. The lowest BCUT2D eigenvalue weighted by Gasteiger charge is -2.32. The van der Waals surface area contributed by atoms with Gasteiger partial charge in [0.15, 0.2) is 0 Å². The summed E-state index contributed by atoms with van der Waals surface area (Å²) in [6.07, 6.45) is 3.11. The molecule has 0 spiro atoms. The first kappa shape index (κ1) is 16.4. The number of likely N-dealkylation sites (tertiary alicyclic amines) is 1. The Bertz CT molecular complexity index is 659. The van der Waals surface area contributed by atoms with Gasteiger partial charge < -0.3 is 4.90 Å². The summed E-state index contributed by atoms with van der Waals surface area (Å²) < 4.78 is 0. The van der Waals surface area contributed by atoms with Crippen LogP contribution in [0.25, 0.3) is 0 Å². The first-order chi connectivity index (χ1) is 11.1. The fraction of sp³-hybridized carbons (Fsp3) is 0.316. The van der Waals surface area contributed by atoms with Gasteiger partial charge in [-0.3, -0.25) is 4.79 Å². The molecule has 1 aliphatic heterocycles. The highest BCUT2D eigenvalue weighted by Gasteiger charge is 2.26. The monoisotopic (exact) mass is 347 g/mol. The highest BCUT2D eigenvalue weighted by atomic mass is 35.5. The van der Waals surface area contributed by atoms with Crippen molar-refractivity contribution in [3.8, 4) is 0 Å². The van der Waals surface area contributed by atoms with Gasteiger partial charge in [-0.25, -0.2) is 0 Å². The molecule has 0 aliphatic carbocycles. The normalized spacial score (nSPS) is 15.7. The Morgan fingerprint density at radius 3 is 2.17 bits per heavy atom. The van der Waals surface area contributed by atoms with E-state index in [0.717, 1.165) is 32.4 Å². The standard InChI is InChI=1S/C19H19Cl2NO/c20-16-7-4-8-17(21)18(16)19(23)22-11-9-15(10-12-22)13-14-5-2-1-3-6-14/h1-8,15H,9-13H2. The van der Waals surface area contributed by atoms with Crippen LogP contribution in [0, 0.1) is 5.92 Å². The van der Waals surface area contributed by atoms with Gasteiger partial charge in [0.05, 0.1) is 15.6 Å². The Hall–Kier alpha value is -1.51. The van der Waals surface area contributed by atoms with Gasteiger partial charge in [0, 0.05) is 13.1 Å². The maximum Gasteiger partial charge on any atom is 0.256 e. The second kappa shape index (κ2) is 7.37. The summed E-state index contributed by atoms with van der Waals surface area (Å²) in [7, 11) is 0. The molecule has 1 aliphatic rings. The summed E-state index contributed by atoms with van der Waals surface area (Å²) in [5.74, 6) is 0.571. The predicted molar refractivity (Wildman–Crippen MR) is 95.2 cm³/mol. The SMILES string of the molecule is O=C(c1c(Cl)cccc1Cl)N1CCC(Cc2ccccc2)CC1. The number of carbonyl (C=O) groups excluding carboxylic acids is 1. The molecule has 2 nitrogen and oxygen atoms in total. The van der Waals surface area contributed by atoms with E-state index < -0.39 is 0 Å². The van der Waals surface area contributed by atoms with E-state index in [9.17, 15) is 4.79 Å². The number of halogens is 2. The fourth-order valence-electron chi connectivity index (χ4n) is 3.15. The topological polar surface area (TPSA) is 20.3 Å². The van der Waals surface area contributed by atoms with E-state index in [0.29, 0.717) is 21.5 Å². The lowest BCUT2D eigenvalue weighted by molar-refractivity contribution is 0.0691. The largest absolute Gasteiger partial charge is 0.339 e. The number of hydrogen-bond donors (Lipinski definition) is 0. The number of rotatable bonds is 3. The molecule has 1 heterocycles. The summed E-state index contributed by atoms with van der Waals surface area (Å²) in [5, 5.41) is 0.850. The number of nitrogens with zero attached hydrogens (tertiary/aromatic N) is 1. The van der Waals surface area contributed by atoms with Crippen molar-refractivity contribution < 1.29 is 4.79 Å². The van der Waals surface area contributed by atoms with Crippen molar-refractivity contribution in [3.05, 3.63) is 69.7 Å². The fourth-order valence-corrected chi connectivity index (χ4v) is 3.71. The minimum Gasteiger partial charge on any atom is -0.339 e. The van der Waals surface area contributed by atoms with Gasteiger partial charge >= 0.3 is 0 Å². The molecule has 1 fully saturated rings. The van der Waals surface area contributed by atoms with Crippen LogP contribution in [0.5, 0.6) is 0 Å². The number of benzene rings is 2. The van der Waals surface area contributed by atoms with Crippen LogP contribution in [0.2, 0.25) is 10.0 Å². The highest BCUT2D eigenvalue weighted by molar-refractivity contribution is 6.39. The molecule has 0 bridgehead atoms. The number of hydrogen-bond acceptors (Lipinski definition) is 1. The molecular formula is C19H19Cl2NO. The number of carbonyl (C=O) groups is 1. The van der Waals surface area contributed by atoms with Crippen LogP contribution in [0.15, 0.2) is 48.5 Å². The Kier molecular flexibility index (Phi) is 5.24. The first-order valence-electron chi connectivity index (χ1n) is 7.92. The summed E-state index contributed by atoms with van der Waals surface area (Å²) in [6.45, 7) is 1.52. The molecule has 0 atom stereocenters. The van der Waals surface area contributed by atoms with Crippen molar-refractivity contribution in [2.45, 2.75) is 19.3 Å². The minimum absolute atomic E-state index is 0.0567. The molecule has 1 saturated heterocycles. The van der Waals surface area contributed by atoms with Gasteiger partial charge in [-0.2, -0.15) is 0 Å². The molecule has 0 unspecified atom stereocenters. The summed E-state index contributed by atoms with van der Waals surface area (Å²) >= 11 is 12.3.